The maximum absolute atomic E-state index is 5.55. The molecule has 8 heteroatoms. The van der Waals surface area contributed by atoms with Crippen LogP contribution in [0.3, 0.4) is 0 Å². The molecular weight excluding hydrogens is 457 g/mol. The number of guanidine groups is 1. The fraction of sp³-hybridized carbons (Fsp3) is 0.474. The molecule has 2 heterocycles. The zero-order chi connectivity index (χ0) is 18.3. The molecule has 150 valence electrons. The van der Waals surface area contributed by atoms with Crippen LogP contribution >= 0.6 is 24.0 Å². The van der Waals surface area contributed by atoms with E-state index in [-0.39, 0.29) is 24.0 Å². The first-order chi connectivity index (χ1) is 12.9. The number of hydrogen-bond donors (Lipinski definition) is 3. The van der Waals surface area contributed by atoms with Crippen molar-refractivity contribution in [2.45, 2.75) is 25.9 Å². The summed E-state index contributed by atoms with van der Waals surface area (Å²) in [6.07, 6.45) is 6.50. The molecule has 2 aromatic rings. The van der Waals surface area contributed by atoms with Crippen molar-refractivity contribution in [3.8, 4) is 0 Å². The van der Waals surface area contributed by atoms with Gasteiger partial charge in [-0.25, -0.2) is 4.98 Å². The zero-order valence-corrected chi connectivity index (χ0v) is 18.1. The molecule has 0 spiro atoms. The van der Waals surface area contributed by atoms with Gasteiger partial charge in [0.2, 0.25) is 0 Å². The van der Waals surface area contributed by atoms with Crippen molar-refractivity contribution in [2.24, 2.45) is 4.99 Å². The summed E-state index contributed by atoms with van der Waals surface area (Å²) in [7, 11) is 1.78. The van der Waals surface area contributed by atoms with Gasteiger partial charge in [-0.05, 0) is 43.5 Å². The van der Waals surface area contributed by atoms with Gasteiger partial charge in [0.1, 0.15) is 18.2 Å². The van der Waals surface area contributed by atoms with Crippen LogP contribution in [0.15, 0.2) is 52.2 Å². The largest absolute Gasteiger partial charge is 0.467 e. The lowest BCUT2D eigenvalue weighted by molar-refractivity contribution is 0.105. The van der Waals surface area contributed by atoms with Crippen molar-refractivity contribution in [1.29, 1.82) is 0 Å². The van der Waals surface area contributed by atoms with Crippen LogP contribution < -0.4 is 16.0 Å². The van der Waals surface area contributed by atoms with E-state index >= 15 is 0 Å². The van der Waals surface area contributed by atoms with E-state index in [0.717, 1.165) is 56.4 Å². The van der Waals surface area contributed by atoms with E-state index in [1.54, 1.807) is 19.5 Å². The van der Waals surface area contributed by atoms with Gasteiger partial charge in [-0.2, -0.15) is 0 Å². The number of unbranched alkanes of at least 4 members (excludes halogenated alkanes) is 1. The fourth-order valence-electron chi connectivity index (χ4n) is 2.31. The average molecular weight is 487 g/mol. The highest BCUT2D eigenvalue weighted by molar-refractivity contribution is 14.0. The van der Waals surface area contributed by atoms with Crippen LogP contribution in [0.5, 0.6) is 0 Å². The smallest absolute Gasteiger partial charge is 0.190 e. The number of anilines is 1. The second-order valence-electron chi connectivity index (χ2n) is 5.76. The summed E-state index contributed by atoms with van der Waals surface area (Å²) in [6, 6.07) is 9.65. The van der Waals surface area contributed by atoms with Crippen LogP contribution in [-0.4, -0.2) is 44.2 Å². The standard InChI is InChI=1S/C19H29N5O2.HI/c1-20-19(24-13-7-14-25-16-17-8-6-15-26-17)23-12-5-4-11-22-18-9-2-3-10-21-18;/h2-3,6,8-10,15H,4-5,7,11-14,16H2,1H3,(H,21,22)(H2,20,23,24);1H. The highest BCUT2D eigenvalue weighted by Gasteiger charge is 1.98. The molecule has 0 atom stereocenters. The molecule has 0 aliphatic carbocycles. The second kappa shape index (κ2) is 15.3. The third-order valence-electron chi connectivity index (χ3n) is 3.67. The predicted molar refractivity (Wildman–Crippen MR) is 120 cm³/mol. The molecule has 0 unspecified atom stereocenters. The minimum atomic E-state index is 0. The van der Waals surface area contributed by atoms with E-state index in [1.807, 2.05) is 30.3 Å². The molecule has 0 saturated heterocycles. The molecule has 2 aromatic heterocycles. The van der Waals surface area contributed by atoms with Gasteiger partial charge < -0.3 is 25.1 Å². The van der Waals surface area contributed by atoms with Crippen molar-refractivity contribution in [3.63, 3.8) is 0 Å². The van der Waals surface area contributed by atoms with E-state index < -0.39 is 0 Å². The molecule has 0 bridgehead atoms. The zero-order valence-electron chi connectivity index (χ0n) is 15.8. The molecule has 3 N–H and O–H groups in total. The Morgan fingerprint density at radius 1 is 1.07 bits per heavy atom. The molecular formula is C19H30IN5O2. The first kappa shape index (κ1) is 23.2. The van der Waals surface area contributed by atoms with Gasteiger partial charge in [0.15, 0.2) is 5.96 Å². The maximum Gasteiger partial charge on any atom is 0.190 e. The molecule has 27 heavy (non-hydrogen) atoms. The number of furan rings is 1. The Morgan fingerprint density at radius 3 is 2.59 bits per heavy atom. The van der Waals surface area contributed by atoms with Crippen LogP contribution in [-0.2, 0) is 11.3 Å². The quantitative estimate of drug-likeness (QED) is 0.185. The number of aromatic nitrogens is 1. The van der Waals surface area contributed by atoms with E-state index in [2.05, 4.69) is 25.9 Å². The fourth-order valence-corrected chi connectivity index (χ4v) is 2.31. The number of pyridine rings is 1. The lowest BCUT2D eigenvalue weighted by Crippen LogP contribution is -2.38. The van der Waals surface area contributed by atoms with Gasteiger partial charge in [0.05, 0.1) is 6.26 Å². The van der Waals surface area contributed by atoms with Crippen molar-refractivity contribution >= 4 is 35.8 Å². The summed E-state index contributed by atoms with van der Waals surface area (Å²) in [4.78, 5) is 8.46. The van der Waals surface area contributed by atoms with E-state index in [0.29, 0.717) is 13.2 Å². The number of ether oxygens (including phenoxy) is 1. The number of rotatable bonds is 12. The van der Waals surface area contributed by atoms with Crippen LogP contribution in [0.4, 0.5) is 5.82 Å². The minimum absolute atomic E-state index is 0. The maximum atomic E-state index is 5.55. The molecule has 0 aromatic carbocycles. The van der Waals surface area contributed by atoms with Crippen LogP contribution in [0.1, 0.15) is 25.0 Å². The number of aliphatic imine (C=N–C) groups is 1. The first-order valence-electron chi connectivity index (χ1n) is 9.08. The molecule has 0 aliphatic heterocycles. The normalized spacial score (nSPS) is 10.9. The van der Waals surface area contributed by atoms with Gasteiger partial charge in [0.25, 0.3) is 0 Å². The van der Waals surface area contributed by atoms with Crippen molar-refractivity contribution in [2.75, 3.05) is 38.6 Å². The van der Waals surface area contributed by atoms with E-state index in [4.69, 9.17) is 9.15 Å². The van der Waals surface area contributed by atoms with Gasteiger partial charge in [-0.15, -0.1) is 24.0 Å². The van der Waals surface area contributed by atoms with Crippen molar-refractivity contribution < 1.29 is 9.15 Å². The summed E-state index contributed by atoms with van der Waals surface area (Å²) < 4.78 is 10.8. The number of nitrogens with one attached hydrogen (secondary N) is 3. The molecule has 0 saturated carbocycles. The average Bonchev–Trinajstić information content (AvgIpc) is 3.19. The van der Waals surface area contributed by atoms with Crippen molar-refractivity contribution in [3.05, 3.63) is 48.6 Å². The van der Waals surface area contributed by atoms with E-state index in [1.165, 1.54) is 0 Å². The summed E-state index contributed by atoms with van der Waals surface area (Å²) in [5.41, 5.74) is 0. The van der Waals surface area contributed by atoms with Gasteiger partial charge in [-0.3, -0.25) is 4.99 Å². The predicted octanol–water partition coefficient (Wildman–Crippen LogP) is 3.26. The molecule has 0 fully saturated rings. The summed E-state index contributed by atoms with van der Waals surface area (Å²) in [5, 5.41) is 9.92. The van der Waals surface area contributed by atoms with Crippen LogP contribution in [0.25, 0.3) is 0 Å². The molecule has 0 radical (unpaired) electrons. The minimum Gasteiger partial charge on any atom is -0.467 e. The van der Waals surface area contributed by atoms with E-state index in [9.17, 15) is 0 Å². The van der Waals surface area contributed by atoms with Gasteiger partial charge >= 0.3 is 0 Å². The Morgan fingerprint density at radius 2 is 1.89 bits per heavy atom. The summed E-state index contributed by atoms with van der Waals surface area (Å²) in [6.45, 7) is 3.83. The molecule has 0 amide bonds. The third-order valence-corrected chi connectivity index (χ3v) is 3.67. The highest BCUT2D eigenvalue weighted by atomic mass is 127. The second-order valence-corrected chi connectivity index (χ2v) is 5.76. The Labute approximate surface area is 178 Å². The Balaban J connectivity index is 0.00000364. The molecule has 2 rings (SSSR count). The summed E-state index contributed by atoms with van der Waals surface area (Å²) >= 11 is 0. The highest BCUT2D eigenvalue weighted by Crippen LogP contribution is 2.02. The Hall–Kier alpha value is -1.81. The first-order valence-corrected chi connectivity index (χ1v) is 9.08. The number of hydrogen-bond acceptors (Lipinski definition) is 5. The third kappa shape index (κ3) is 10.8. The molecule has 0 aliphatic rings. The number of halogens is 1. The SMILES string of the molecule is CN=C(NCCCCNc1ccccn1)NCCCOCc1ccco1.I. The van der Waals surface area contributed by atoms with Gasteiger partial charge in [0, 0.05) is 39.5 Å². The monoisotopic (exact) mass is 487 g/mol. The van der Waals surface area contributed by atoms with Gasteiger partial charge in [-0.1, -0.05) is 6.07 Å². The lowest BCUT2D eigenvalue weighted by Gasteiger charge is -2.12. The van der Waals surface area contributed by atoms with Crippen LogP contribution in [0, 0.1) is 0 Å². The Bertz CT molecular complexity index is 608. The summed E-state index contributed by atoms with van der Waals surface area (Å²) in [5.74, 6) is 2.61. The lowest BCUT2D eigenvalue weighted by atomic mass is 10.3. The van der Waals surface area contributed by atoms with Crippen LogP contribution in [0.2, 0.25) is 0 Å². The number of nitrogens with zero attached hydrogens (tertiary/aromatic N) is 2. The Kier molecular flexibility index (Phi) is 13.1. The van der Waals surface area contributed by atoms with Crippen molar-refractivity contribution in [1.82, 2.24) is 15.6 Å². The topological polar surface area (TPSA) is 83.7 Å². The molecule has 7 nitrogen and oxygen atoms in total.